The van der Waals surface area contributed by atoms with E-state index in [9.17, 15) is 5.11 Å². The van der Waals surface area contributed by atoms with E-state index in [0.717, 1.165) is 31.6 Å². The first-order valence-electron chi connectivity index (χ1n) is 8.09. The minimum absolute atomic E-state index is 0.166. The van der Waals surface area contributed by atoms with Crippen LogP contribution in [0.15, 0.2) is 6.33 Å². The molecule has 0 saturated heterocycles. The summed E-state index contributed by atoms with van der Waals surface area (Å²) in [5.74, 6) is 1.44. The van der Waals surface area contributed by atoms with Crippen LogP contribution < -0.4 is 0 Å². The zero-order valence-corrected chi connectivity index (χ0v) is 14.5. The number of hydrogen-bond donors (Lipinski definition) is 1. The van der Waals surface area contributed by atoms with E-state index in [4.69, 9.17) is 0 Å². The van der Waals surface area contributed by atoms with Gasteiger partial charge in [-0.15, -0.1) is 0 Å². The fraction of sp³-hybridized carbons (Fsp3) is 0.882. The first kappa shape index (κ1) is 16.5. The van der Waals surface area contributed by atoms with Crippen LogP contribution in [0, 0.1) is 16.7 Å². The molecule has 0 bridgehead atoms. The highest BCUT2D eigenvalue weighted by atomic mass is 16.3. The maximum Gasteiger partial charge on any atom is 0.138 e. The second-order valence-electron chi connectivity index (χ2n) is 9.01. The highest BCUT2D eigenvalue weighted by Crippen LogP contribution is 2.50. The van der Waals surface area contributed by atoms with Gasteiger partial charge < -0.3 is 5.11 Å². The van der Waals surface area contributed by atoms with Gasteiger partial charge in [0.05, 0.1) is 5.60 Å². The van der Waals surface area contributed by atoms with Gasteiger partial charge in [0, 0.05) is 13.0 Å². The third-order valence-electron chi connectivity index (χ3n) is 4.29. The van der Waals surface area contributed by atoms with Crippen molar-refractivity contribution in [2.75, 3.05) is 0 Å². The van der Waals surface area contributed by atoms with Crippen molar-refractivity contribution in [3.63, 3.8) is 0 Å². The Bertz CT molecular complexity index is 472. The summed E-state index contributed by atoms with van der Waals surface area (Å²) in [6, 6.07) is 0. The molecule has 4 nitrogen and oxygen atoms in total. The van der Waals surface area contributed by atoms with Crippen molar-refractivity contribution >= 4 is 0 Å². The molecule has 0 amide bonds. The maximum atomic E-state index is 11.2. The van der Waals surface area contributed by atoms with E-state index < -0.39 is 5.60 Å². The van der Waals surface area contributed by atoms with E-state index in [1.807, 2.05) is 4.68 Å². The van der Waals surface area contributed by atoms with Gasteiger partial charge >= 0.3 is 0 Å². The second-order valence-corrected chi connectivity index (χ2v) is 9.01. The fourth-order valence-corrected chi connectivity index (χ4v) is 4.61. The number of nitrogens with zero attached hydrogens (tertiary/aromatic N) is 3. The Hall–Kier alpha value is -0.900. The van der Waals surface area contributed by atoms with Gasteiger partial charge in [-0.05, 0) is 36.0 Å². The molecule has 0 aliphatic heterocycles. The molecule has 1 aliphatic carbocycles. The van der Waals surface area contributed by atoms with Crippen LogP contribution in [-0.2, 0) is 13.0 Å². The molecule has 0 unspecified atom stereocenters. The lowest BCUT2D eigenvalue weighted by Gasteiger charge is -2.49. The Morgan fingerprint density at radius 1 is 1.14 bits per heavy atom. The van der Waals surface area contributed by atoms with Gasteiger partial charge in [0.15, 0.2) is 0 Å². The van der Waals surface area contributed by atoms with Crippen molar-refractivity contribution in [1.29, 1.82) is 0 Å². The van der Waals surface area contributed by atoms with Gasteiger partial charge in [-0.3, -0.25) is 0 Å². The molecule has 21 heavy (non-hydrogen) atoms. The molecule has 4 heteroatoms. The molecule has 1 N–H and O–H groups in total. The lowest BCUT2D eigenvalue weighted by atomic mass is 9.59. The lowest BCUT2D eigenvalue weighted by Crippen LogP contribution is -2.47. The Morgan fingerprint density at radius 3 is 2.24 bits per heavy atom. The normalized spacial score (nSPS) is 23.4. The van der Waals surface area contributed by atoms with E-state index in [1.165, 1.54) is 0 Å². The van der Waals surface area contributed by atoms with Crippen LogP contribution in [-0.4, -0.2) is 25.5 Å². The zero-order valence-electron chi connectivity index (χ0n) is 14.5. The highest BCUT2D eigenvalue weighted by Gasteiger charge is 2.46. The molecular formula is C17H31N3O. The van der Waals surface area contributed by atoms with Crippen molar-refractivity contribution in [2.45, 2.75) is 79.4 Å². The maximum absolute atomic E-state index is 11.2. The average Bonchev–Trinajstić information content (AvgIpc) is 2.57. The monoisotopic (exact) mass is 293 g/mol. The van der Waals surface area contributed by atoms with Gasteiger partial charge in [-0.25, -0.2) is 9.67 Å². The summed E-state index contributed by atoms with van der Waals surface area (Å²) in [5.41, 5.74) is -0.341. The first-order chi connectivity index (χ1) is 9.50. The molecule has 0 radical (unpaired) electrons. The van der Waals surface area contributed by atoms with Crippen LogP contribution in [0.3, 0.4) is 0 Å². The summed E-state index contributed by atoms with van der Waals surface area (Å²) in [6.45, 7) is 14.3. The molecule has 1 aliphatic rings. The summed E-state index contributed by atoms with van der Waals surface area (Å²) in [5, 5.41) is 15.5. The molecule has 2 rings (SSSR count). The summed E-state index contributed by atoms with van der Waals surface area (Å²) < 4.78 is 1.96. The second kappa shape index (κ2) is 5.38. The third-order valence-corrected chi connectivity index (χ3v) is 4.29. The number of aromatic nitrogens is 3. The van der Waals surface area contributed by atoms with Gasteiger partial charge in [-0.1, -0.05) is 41.5 Å². The molecule has 1 aromatic heterocycles. The van der Waals surface area contributed by atoms with Crippen molar-refractivity contribution in [2.24, 2.45) is 16.7 Å². The van der Waals surface area contributed by atoms with Crippen LogP contribution in [0.2, 0.25) is 0 Å². The molecule has 1 aromatic rings. The van der Waals surface area contributed by atoms with Crippen LogP contribution >= 0.6 is 0 Å². The van der Waals surface area contributed by atoms with Gasteiger partial charge in [-0.2, -0.15) is 5.10 Å². The van der Waals surface area contributed by atoms with Crippen LogP contribution in [0.25, 0.3) is 0 Å². The third kappa shape index (κ3) is 4.29. The predicted molar refractivity (Wildman–Crippen MR) is 84.9 cm³/mol. The number of hydrogen-bond acceptors (Lipinski definition) is 3. The summed E-state index contributed by atoms with van der Waals surface area (Å²) in [7, 11) is 0. The van der Waals surface area contributed by atoms with Crippen molar-refractivity contribution in [3.05, 3.63) is 12.2 Å². The van der Waals surface area contributed by atoms with Gasteiger partial charge in [0.25, 0.3) is 0 Å². The van der Waals surface area contributed by atoms with E-state index in [0.29, 0.717) is 12.3 Å². The van der Waals surface area contributed by atoms with E-state index in [2.05, 4.69) is 51.6 Å². The Labute approximate surface area is 129 Å². The van der Waals surface area contributed by atoms with Crippen molar-refractivity contribution in [3.8, 4) is 0 Å². The number of rotatable bonds is 4. The standard InChI is InChI=1S/C17H31N3O/c1-13(2)8-20-14(18-12-19-20)7-17(21)10-15(3,4)9-16(5,6)11-17/h12-13,21H,7-11H2,1-6H3. The van der Waals surface area contributed by atoms with Crippen LogP contribution in [0.4, 0.5) is 0 Å². The van der Waals surface area contributed by atoms with Crippen LogP contribution in [0.1, 0.15) is 66.6 Å². The summed E-state index contributed by atoms with van der Waals surface area (Å²) in [6.07, 6.45) is 5.03. The summed E-state index contributed by atoms with van der Waals surface area (Å²) >= 11 is 0. The molecule has 1 fully saturated rings. The molecule has 0 atom stereocenters. The van der Waals surface area contributed by atoms with Gasteiger partial charge in [0.2, 0.25) is 0 Å². The molecule has 120 valence electrons. The minimum atomic E-state index is -0.674. The fourth-order valence-electron chi connectivity index (χ4n) is 4.61. The summed E-state index contributed by atoms with van der Waals surface area (Å²) in [4.78, 5) is 4.40. The minimum Gasteiger partial charge on any atom is -0.389 e. The molecule has 1 heterocycles. The zero-order chi connectivity index (χ0) is 15.9. The highest BCUT2D eigenvalue weighted by molar-refractivity contribution is 5.03. The lowest BCUT2D eigenvalue weighted by molar-refractivity contribution is -0.0866. The average molecular weight is 293 g/mol. The molecular weight excluding hydrogens is 262 g/mol. The van der Waals surface area contributed by atoms with Crippen molar-refractivity contribution < 1.29 is 5.11 Å². The molecule has 1 saturated carbocycles. The van der Waals surface area contributed by atoms with Crippen molar-refractivity contribution in [1.82, 2.24) is 14.8 Å². The predicted octanol–water partition coefficient (Wildman–Crippen LogP) is 3.44. The number of aliphatic hydroxyl groups is 1. The van der Waals surface area contributed by atoms with E-state index >= 15 is 0 Å². The topological polar surface area (TPSA) is 50.9 Å². The Kier molecular flexibility index (Phi) is 4.22. The van der Waals surface area contributed by atoms with Gasteiger partial charge in [0.1, 0.15) is 12.2 Å². The van der Waals surface area contributed by atoms with E-state index in [1.54, 1.807) is 6.33 Å². The largest absolute Gasteiger partial charge is 0.389 e. The molecule has 0 spiro atoms. The Morgan fingerprint density at radius 2 is 1.71 bits per heavy atom. The SMILES string of the molecule is CC(C)Cn1ncnc1CC1(O)CC(C)(C)CC(C)(C)C1. The smallest absolute Gasteiger partial charge is 0.138 e. The molecule has 0 aromatic carbocycles. The van der Waals surface area contributed by atoms with E-state index in [-0.39, 0.29) is 10.8 Å². The first-order valence-corrected chi connectivity index (χ1v) is 8.09. The van der Waals surface area contributed by atoms with Crippen LogP contribution in [0.5, 0.6) is 0 Å². The quantitative estimate of drug-likeness (QED) is 0.925. The Balaban J connectivity index is 2.19.